The Morgan fingerprint density at radius 1 is 1.44 bits per heavy atom. The second-order valence-corrected chi connectivity index (χ2v) is 5.00. The highest BCUT2D eigenvalue weighted by molar-refractivity contribution is 7.14. The number of thiazole rings is 1. The van der Waals surface area contributed by atoms with E-state index in [0.29, 0.717) is 17.6 Å². The van der Waals surface area contributed by atoms with Gasteiger partial charge in [0.05, 0.1) is 11.8 Å². The number of hydrogen-bond donors (Lipinski definition) is 1. The van der Waals surface area contributed by atoms with E-state index in [9.17, 15) is 4.79 Å². The zero-order valence-corrected chi connectivity index (χ0v) is 10.4. The molecule has 1 aliphatic carbocycles. The van der Waals surface area contributed by atoms with E-state index < -0.39 is 0 Å². The lowest BCUT2D eigenvalue weighted by Crippen LogP contribution is -1.95. The summed E-state index contributed by atoms with van der Waals surface area (Å²) in [6.07, 6.45) is 3.32. The van der Waals surface area contributed by atoms with E-state index in [1.54, 1.807) is 0 Å². The van der Waals surface area contributed by atoms with Crippen LogP contribution in [0.15, 0.2) is 29.6 Å². The molecule has 0 atom stereocenters. The summed E-state index contributed by atoms with van der Waals surface area (Å²) in [6.45, 7) is 0. The van der Waals surface area contributed by atoms with Crippen LogP contribution in [0.5, 0.6) is 5.75 Å². The summed E-state index contributed by atoms with van der Waals surface area (Å²) in [5.74, 6) is 0.882. The minimum Gasteiger partial charge on any atom is -0.490 e. The van der Waals surface area contributed by atoms with Crippen molar-refractivity contribution in [3.63, 3.8) is 0 Å². The smallest absolute Gasteiger partial charge is 0.213 e. The van der Waals surface area contributed by atoms with Crippen molar-refractivity contribution in [2.45, 2.75) is 18.9 Å². The zero-order chi connectivity index (χ0) is 12.4. The molecule has 0 radical (unpaired) electrons. The molecule has 1 amide bonds. The van der Waals surface area contributed by atoms with Crippen LogP contribution in [0, 0.1) is 0 Å². The molecule has 0 bridgehead atoms. The standard InChI is InChI=1S/C13H12N2O2S/c16-8-14-13-15-12(7-18-13)9-2-1-3-11(6-9)17-10-4-5-10/h1-3,6-8,10H,4-5H2,(H,14,15,16). The third kappa shape index (κ3) is 2.51. The molecule has 3 rings (SSSR count). The third-order valence-corrected chi connectivity index (χ3v) is 3.42. The number of ether oxygens (including phenoxy) is 1. The summed E-state index contributed by atoms with van der Waals surface area (Å²) in [4.78, 5) is 14.7. The first-order valence-corrected chi connectivity index (χ1v) is 6.66. The van der Waals surface area contributed by atoms with E-state index in [2.05, 4.69) is 10.3 Å². The first kappa shape index (κ1) is 11.2. The van der Waals surface area contributed by atoms with Crippen LogP contribution in [0.3, 0.4) is 0 Å². The van der Waals surface area contributed by atoms with Gasteiger partial charge in [0.1, 0.15) is 5.75 Å². The highest BCUT2D eigenvalue weighted by atomic mass is 32.1. The van der Waals surface area contributed by atoms with Gasteiger partial charge in [-0.1, -0.05) is 12.1 Å². The number of carbonyl (C=O) groups is 1. The molecule has 18 heavy (non-hydrogen) atoms. The van der Waals surface area contributed by atoms with Gasteiger partial charge in [-0.25, -0.2) is 4.98 Å². The number of benzene rings is 1. The van der Waals surface area contributed by atoms with Crippen molar-refractivity contribution >= 4 is 22.9 Å². The van der Waals surface area contributed by atoms with E-state index in [4.69, 9.17) is 4.74 Å². The molecule has 0 unspecified atom stereocenters. The Morgan fingerprint density at radius 2 is 2.33 bits per heavy atom. The maximum absolute atomic E-state index is 10.3. The number of carbonyl (C=O) groups excluding carboxylic acids is 1. The average Bonchev–Trinajstić information content (AvgIpc) is 3.06. The van der Waals surface area contributed by atoms with Crippen LogP contribution < -0.4 is 10.1 Å². The molecule has 0 saturated heterocycles. The summed E-state index contributed by atoms with van der Waals surface area (Å²) >= 11 is 1.41. The fourth-order valence-electron chi connectivity index (χ4n) is 1.63. The first-order chi connectivity index (χ1) is 8.85. The molecule has 0 aliphatic heterocycles. The number of hydrogen-bond acceptors (Lipinski definition) is 4. The topological polar surface area (TPSA) is 51.2 Å². The molecule has 1 fully saturated rings. The molecule has 1 saturated carbocycles. The van der Waals surface area contributed by atoms with Crippen molar-refractivity contribution in [2.75, 3.05) is 5.32 Å². The van der Waals surface area contributed by atoms with Crippen LogP contribution in [0.4, 0.5) is 5.13 Å². The number of nitrogens with zero attached hydrogens (tertiary/aromatic N) is 1. The van der Waals surface area contributed by atoms with Crippen LogP contribution in [0.1, 0.15) is 12.8 Å². The van der Waals surface area contributed by atoms with Crippen LogP contribution in [-0.2, 0) is 4.79 Å². The van der Waals surface area contributed by atoms with Gasteiger partial charge >= 0.3 is 0 Å². The number of aromatic nitrogens is 1. The SMILES string of the molecule is O=CNc1nc(-c2cccc(OC3CC3)c2)cs1. The minimum absolute atomic E-state index is 0.392. The number of anilines is 1. The van der Waals surface area contributed by atoms with Gasteiger partial charge in [-0.05, 0) is 25.0 Å². The molecule has 1 aliphatic rings. The number of nitrogens with one attached hydrogen (secondary N) is 1. The van der Waals surface area contributed by atoms with Crippen molar-refractivity contribution in [3.05, 3.63) is 29.6 Å². The van der Waals surface area contributed by atoms with Crippen LogP contribution in [-0.4, -0.2) is 17.5 Å². The summed E-state index contributed by atoms with van der Waals surface area (Å²) < 4.78 is 5.75. The van der Waals surface area contributed by atoms with Crippen molar-refractivity contribution < 1.29 is 9.53 Å². The van der Waals surface area contributed by atoms with Crippen molar-refractivity contribution in [1.29, 1.82) is 0 Å². The van der Waals surface area contributed by atoms with Gasteiger partial charge in [-0.2, -0.15) is 0 Å². The predicted octanol–water partition coefficient (Wildman–Crippen LogP) is 2.92. The van der Waals surface area contributed by atoms with E-state index in [-0.39, 0.29) is 0 Å². The first-order valence-electron chi connectivity index (χ1n) is 5.78. The molecule has 1 N–H and O–H groups in total. The predicted molar refractivity (Wildman–Crippen MR) is 70.9 cm³/mol. The van der Waals surface area contributed by atoms with Gasteiger partial charge < -0.3 is 10.1 Å². The molecule has 0 spiro atoms. The van der Waals surface area contributed by atoms with Crippen LogP contribution in [0.25, 0.3) is 11.3 Å². The molecule has 92 valence electrons. The lowest BCUT2D eigenvalue weighted by atomic mass is 10.2. The van der Waals surface area contributed by atoms with Crippen molar-refractivity contribution in [2.24, 2.45) is 0 Å². The van der Waals surface area contributed by atoms with Gasteiger partial charge in [-0.15, -0.1) is 11.3 Å². The van der Waals surface area contributed by atoms with Crippen LogP contribution in [0.2, 0.25) is 0 Å². The van der Waals surface area contributed by atoms with Gasteiger partial charge in [0.25, 0.3) is 0 Å². The van der Waals surface area contributed by atoms with E-state index in [0.717, 1.165) is 29.8 Å². The van der Waals surface area contributed by atoms with Crippen molar-refractivity contribution in [3.8, 4) is 17.0 Å². The molecule has 1 aromatic carbocycles. The number of rotatable bonds is 5. The molecule has 1 aromatic heterocycles. The van der Waals surface area contributed by atoms with E-state index in [1.807, 2.05) is 29.6 Å². The van der Waals surface area contributed by atoms with Gasteiger partial charge in [0, 0.05) is 10.9 Å². The maximum Gasteiger partial charge on any atom is 0.213 e. The molecular weight excluding hydrogens is 248 g/mol. The molecule has 2 aromatic rings. The Labute approximate surface area is 109 Å². The second kappa shape index (κ2) is 4.78. The Bertz CT molecular complexity index is 564. The van der Waals surface area contributed by atoms with Gasteiger partial charge in [-0.3, -0.25) is 4.79 Å². The fourth-order valence-corrected chi connectivity index (χ4v) is 2.31. The Balaban J connectivity index is 1.82. The highest BCUT2D eigenvalue weighted by Gasteiger charge is 2.23. The Hall–Kier alpha value is -1.88. The highest BCUT2D eigenvalue weighted by Crippen LogP contribution is 2.30. The van der Waals surface area contributed by atoms with Crippen molar-refractivity contribution in [1.82, 2.24) is 4.98 Å². The lowest BCUT2D eigenvalue weighted by molar-refractivity contribution is -0.105. The zero-order valence-electron chi connectivity index (χ0n) is 9.63. The molecule has 1 heterocycles. The molecule has 4 nitrogen and oxygen atoms in total. The summed E-state index contributed by atoms with van der Waals surface area (Å²) in [6, 6.07) is 7.88. The lowest BCUT2D eigenvalue weighted by Gasteiger charge is -2.05. The fraction of sp³-hybridized carbons (Fsp3) is 0.231. The number of amides is 1. The summed E-state index contributed by atoms with van der Waals surface area (Å²) in [5, 5.41) is 5.07. The quantitative estimate of drug-likeness (QED) is 0.841. The average molecular weight is 260 g/mol. The van der Waals surface area contributed by atoms with E-state index in [1.165, 1.54) is 11.3 Å². The summed E-state index contributed by atoms with van der Waals surface area (Å²) in [5.41, 5.74) is 1.86. The maximum atomic E-state index is 10.3. The third-order valence-electron chi connectivity index (χ3n) is 2.64. The van der Waals surface area contributed by atoms with Crippen LogP contribution >= 0.6 is 11.3 Å². The van der Waals surface area contributed by atoms with Gasteiger partial charge in [0.2, 0.25) is 6.41 Å². The van der Waals surface area contributed by atoms with Gasteiger partial charge in [0.15, 0.2) is 5.13 Å². The Morgan fingerprint density at radius 3 is 3.11 bits per heavy atom. The second-order valence-electron chi connectivity index (χ2n) is 4.15. The Kier molecular flexibility index (Phi) is 2.98. The normalized spacial score (nSPS) is 14.2. The minimum atomic E-state index is 0.392. The summed E-state index contributed by atoms with van der Waals surface area (Å²) in [7, 11) is 0. The monoisotopic (exact) mass is 260 g/mol. The molecule has 5 heteroatoms. The molecular formula is C13H12N2O2S. The largest absolute Gasteiger partial charge is 0.490 e. The van der Waals surface area contributed by atoms with E-state index >= 15 is 0 Å².